The van der Waals surface area contributed by atoms with Gasteiger partial charge in [-0.3, -0.25) is 0 Å². The molecule has 0 heterocycles. The van der Waals surface area contributed by atoms with Gasteiger partial charge in [-0.05, 0) is 6.92 Å². The Hall–Kier alpha value is -0.160. The Balaban J connectivity index is 0. The number of ether oxygens (including phenoxy) is 2. The van der Waals surface area contributed by atoms with Crippen LogP contribution in [0.3, 0.4) is 0 Å². The fraction of sp³-hybridized carbons (Fsp3) is 1.00. The van der Waals surface area contributed by atoms with E-state index in [1.807, 2.05) is 0 Å². The van der Waals surface area contributed by atoms with Gasteiger partial charge in [-0.2, -0.15) is 0 Å². The van der Waals surface area contributed by atoms with E-state index in [1.54, 1.807) is 14.0 Å². The number of methoxy groups -OCH3 is 1. The molecule has 0 atom stereocenters. The molecule has 0 spiro atoms. The third-order valence-corrected chi connectivity index (χ3v) is 0.667. The molecule has 0 rings (SSSR count). The van der Waals surface area contributed by atoms with Gasteiger partial charge in [-0.25, -0.2) is 0 Å². The second-order valence-electron chi connectivity index (χ2n) is 1.65. The molecule has 0 aliphatic heterocycles. The van der Waals surface area contributed by atoms with Gasteiger partial charge in [0.2, 0.25) is 0 Å². The smallest absolute Gasteiger partial charge is 0.0701 e. The van der Waals surface area contributed by atoms with Crippen LogP contribution in [0, 0.1) is 0 Å². The minimum Gasteiger partial charge on any atom is -0.397 e. The SMILES string of the molecule is CCO.COCCOCCO. The molecule has 70 valence electrons. The standard InChI is InChI=1S/C5H12O3.C2H6O/c1-7-4-5-8-3-2-6;1-2-3/h6H,2-5H2,1H3;3H,2H2,1H3. The summed E-state index contributed by atoms with van der Waals surface area (Å²) < 4.78 is 9.53. The Kier molecular flexibility index (Phi) is 20.1. The van der Waals surface area contributed by atoms with E-state index in [9.17, 15) is 0 Å². The van der Waals surface area contributed by atoms with Gasteiger partial charge in [0.15, 0.2) is 0 Å². The Morgan fingerprint density at radius 1 is 1.09 bits per heavy atom. The minimum atomic E-state index is 0.0870. The average molecular weight is 166 g/mol. The molecular formula is C7H18O4. The van der Waals surface area contributed by atoms with Crippen molar-refractivity contribution in [3.05, 3.63) is 0 Å². The van der Waals surface area contributed by atoms with Gasteiger partial charge in [0.25, 0.3) is 0 Å². The summed E-state index contributed by atoms with van der Waals surface area (Å²) in [6.07, 6.45) is 0. The molecule has 0 fully saturated rings. The monoisotopic (exact) mass is 166 g/mol. The van der Waals surface area contributed by atoms with Crippen LogP contribution < -0.4 is 0 Å². The quantitative estimate of drug-likeness (QED) is 0.548. The Morgan fingerprint density at radius 3 is 2.00 bits per heavy atom. The molecule has 4 nitrogen and oxygen atoms in total. The molecule has 0 aliphatic rings. The summed E-state index contributed by atoms with van der Waals surface area (Å²) in [5, 5.41) is 15.8. The van der Waals surface area contributed by atoms with Crippen LogP contribution in [-0.2, 0) is 9.47 Å². The number of aliphatic hydroxyl groups excluding tert-OH is 2. The highest BCUT2D eigenvalue weighted by molar-refractivity contribution is 4.26. The van der Waals surface area contributed by atoms with Crippen LogP contribution in [0.15, 0.2) is 0 Å². The van der Waals surface area contributed by atoms with Crippen molar-refractivity contribution in [2.75, 3.05) is 40.1 Å². The number of hydrogen-bond acceptors (Lipinski definition) is 4. The van der Waals surface area contributed by atoms with Crippen LogP contribution in [0.2, 0.25) is 0 Å². The molecule has 4 heteroatoms. The number of aliphatic hydroxyl groups is 2. The van der Waals surface area contributed by atoms with E-state index in [-0.39, 0.29) is 13.2 Å². The van der Waals surface area contributed by atoms with Gasteiger partial charge in [0.05, 0.1) is 26.4 Å². The fourth-order valence-corrected chi connectivity index (χ4v) is 0.309. The van der Waals surface area contributed by atoms with Crippen molar-refractivity contribution < 1.29 is 19.7 Å². The van der Waals surface area contributed by atoms with Crippen LogP contribution in [0.1, 0.15) is 6.92 Å². The van der Waals surface area contributed by atoms with E-state index in [0.29, 0.717) is 19.8 Å². The van der Waals surface area contributed by atoms with Crippen molar-refractivity contribution in [3.63, 3.8) is 0 Å². The first-order valence-corrected chi connectivity index (χ1v) is 3.61. The van der Waals surface area contributed by atoms with E-state index in [4.69, 9.17) is 14.9 Å². The van der Waals surface area contributed by atoms with E-state index in [1.165, 1.54) is 0 Å². The highest BCUT2D eigenvalue weighted by Crippen LogP contribution is 1.72. The molecule has 0 aromatic carbocycles. The first kappa shape index (κ1) is 13.4. The van der Waals surface area contributed by atoms with Gasteiger partial charge in [-0.15, -0.1) is 0 Å². The molecule has 0 unspecified atom stereocenters. The largest absolute Gasteiger partial charge is 0.397 e. The highest BCUT2D eigenvalue weighted by Gasteiger charge is 1.82. The lowest BCUT2D eigenvalue weighted by Gasteiger charge is -1.98. The van der Waals surface area contributed by atoms with Crippen LogP contribution in [0.5, 0.6) is 0 Å². The third kappa shape index (κ3) is 25.8. The van der Waals surface area contributed by atoms with Crippen LogP contribution in [0.4, 0.5) is 0 Å². The van der Waals surface area contributed by atoms with Gasteiger partial charge >= 0.3 is 0 Å². The van der Waals surface area contributed by atoms with Gasteiger partial charge < -0.3 is 19.7 Å². The normalized spacial score (nSPS) is 8.73. The summed E-state index contributed by atoms with van der Waals surface area (Å²) in [5.41, 5.74) is 0. The molecule has 2 N–H and O–H groups in total. The summed E-state index contributed by atoms with van der Waals surface area (Å²) in [7, 11) is 1.61. The zero-order valence-corrected chi connectivity index (χ0v) is 7.25. The number of hydrogen-bond donors (Lipinski definition) is 2. The molecule has 11 heavy (non-hydrogen) atoms. The van der Waals surface area contributed by atoms with Crippen LogP contribution in [0.25, 0.3) is 0 Å². The molecule has 0 bridgehead atoms. The average Bonchev–Trinajstić information content (AvgIpc) is 2.00. The van der Waals surface area contributed by atoms with Crippen molar-refractivity contribution in [2.45, 2.75) is 6.92 Å². The van der Waals surface area contributed by atoms with Gasteiger partial charge in [-0.1, -0.05) is 0 Å². The highest BCUT2D eigenvalue weighted by atomic mass is 16.5. The maximum absolute atomic E-state index is 8.20. The van der Waals surface area contributed by atoms with E-state index < -0.39 is 0 Å². The van der Waals surface area contributed by atoms with Crippen molar-refractivity contribution in [2.24, 2.45) is 0 Å². The maximum Gasteiger partial charge on any atom is 0.0701 e. The maximum atomic E-state index is 8.20. The Labute approximate surface area is 67.8 Å². The Bertz CT molecular complexity index is 43.7. The lowest BCUT2D eigenvalue weighted by atomic mass is 10.7. The molecule has 0 aromatic rings. The van der Waals surface area contributed by atoms with E-state index >= 15 is 0 Å². The predicted molar refractivity (Wildman–Crippen MR) is 42.5 cm³/mol. The van der Waals surface area contributed by atoms with E-state index in [2.05, 4.69) is 4.74 Å². The molecule has 0 aromatic heterocycles. The summed E-state index contributed by atoms with van der Waals surface area (Å²) in [4.78, 5) is 0. The first-order valence-electron chi connectivity index (χ1n) is 3.61. The van der Waals surface area contributed by atoms with Gasteiger partial charge in [0.1, 0.15) is 0 Å². The lowest BCUT2D eigenvalue weighted by Crippen LogP contribution is -2.05. The number of rotatable bonds is 5. The second kappa shape index (κ2) is 16.4. The summed E-state index contributed by atoms with van der Waals surface area (Å²) in [5.74, 6) is 0. The van der Waals surface area contributed by atoms with Crippen molar-refractivity contribution in [1.82, 2.24) is 0 Å². The molecule has 0 saturated carbocycles. The summed E-state index contributed by atoms with van der Waals surface area (Å²) in [6, 6.07) is 0. The predicted octanol–water partition coefficient (Wildman–Crippen LogP) is -0.360. The Morgan fingerprint density at radius 2 is 1.64 bits per heavy atom. The van der Waals surface area contributed by atoms with Crippen LogP contribution >= 0.6 is 0 Å². The first-order chi connectivity index (χ1) is 5.33. The molecular weight excluding hydrogens is 148 g/mol. The van der Waals surface area contributed by atoms with E-state index in [0.717, 1.165) is 0 Å². The van der Waals surface area contributed by atoms with Crippen molar-refractivity contribution in [1.29, 1.82) is 0 Å². The fourth-order valence-electron chi connectivity index (χ4n) is 0.309. The van der Waals surface area contributed by atoms with Crippen molar-refractivity contribution >= 4 is 0 Å². The summed E-state index contributed by atoms with van der Waals surface area (Å²) in [6.45, 7) is 3.59. The minimum absolute atomic E-state index is 0.0870. The topological polar surface area (TPSA) is 58.9 Å². The van der Waals surface area contributed by atoms with Crippen LogP contribution in [-0.4, -0.2) is 50.4 Å². The zero-order valence-electron chi connectivity index (χ0n) is 7.25. The zero-order chi connectivity index (χ0) is 8.95. The summed E-state index contributed by atoms with van der Waals surface area (Å²) >= 11 is 0. The molecule has 0 amide bonds. The molecule has 0 radical (unpaired) electrons. The molecule has 0 aliphatic carbocycles. The third-order valence-electron chi connectivity index (χ3n) is 0.667. The lowest BCUT2D eigenvalue weighted by molar-refractivity contribution is 0.0500. The molecule has 0 saturated heterocycles. The second-order valence-corrected chi connectivity index (χ2v) is 1.65. The van der Waals surface area contributed by atoms with Gasteiger partial charge in [0, 0.05) is 13.7 Å². The van der Waals surface area contributed by atoms with Crippen molar-refractivity contribution in [3.8, 4) is 0 Å².